The molecule has 1 aromatic heterocycles. The van der Waals surface area contributed by atoms with Crippen LogP contribution in [0.25, 0.3) is 0 Å². The van der Waals surface area contributed by atoms with E-state index in [0.29, 0.717) is 0 Å². The van der Waals surface area contributed by atoms with Gasteiger partial charge in [0.25, 0.3) is 0 Å². The maximum atomic E-state index is 4.45. The van der Waals surface area contributed by atoms with E-state index in [-0.39, 0.29) is 0 Å². The molecule has 1 aromatic rings. The molecule has 2 N–H and O–H groups in total. The molecule has 3 nitrogen and oxygen atoms in total. The van der Waals surface area contributed by atoms with Crippen LogP contribution in [0.15, 0.2) is 12.1 Å². The summed E-state index contributed by atoms with van der Waals surface area (Å²) < 4.78 is 0. The van der Waals surface area contributed by atoms with Crippen LogP contribution in [0.1, 0.15) is 24.3 Å². The van der Waals surface area contributed by atoms with E-state index in [1.807, 2.05) is 20.2 Å². The van der Waals surface area contributed by atoms with Crippen LogP contribution < -0.4 is 10.6 Å². The predicted octanol–water partition coefficient (Wildman–Crippen LogP) is 2.04. The lowest BCUT2D eigenvalue weighted by molar-refractivity contribution is 1.09. The fraction of sp³-hybridized carbons (Fsp3) is 0.500. The predicted molar refractivity (Wildman–Crippen MR) is 55.3 cm³/mol. The topological polar surface area (TPSA) is 37.0 Å². The van der Waals surface area contributed by atoms with Crippen LogP contribution in [0.4, 0.5) is 11.6 Å². The molecular weight excluding hydrogens is 162 g/mol. The number of aromatic nitrogens is 1. The first-order chi connectivity index (χ1) is 6.35. The summed E-state index contributed by atoms with van der Waals surface area (Å²) in [5.74, 6) is 2.70. The molecule has 0 unspecified atom stereocenters. The van der Waals surface area contributed by atoms with Crippen molar-refractivity contribution in [1.29, 1.82) is 0 Å². The highest BCUT2D eigenvalue weighted by Crippen LogP contribution is 2.42. The maximum absolute atomic E-state index is 4.45. The van der Waals surface area contributed by atoms with Gasteiger partial charge in [0, 0.05) is 14.1 Å². The van der Waals surface area contributed by atoms with Crippen LogP contribution >= 0.6 is 0 Å². The van der Waals surface area contributed by atoms with Crippen LogP contribution in [0.3, 0.4) is 0 Å². The normalized spacial score (nSPS) is 15.5. The molecular formula is C10H15N3. The van der Waals surface area contributed by atoms with Crippen LogP contribution in [0, 0.1) is 0 Å². The van der Waals surface area contributed by atoms with Gasteiger partial charge in [-0.3, -0.25) is 0 Å². The third-order valence-electron chi connectivity index (χ3n) is 2.44. The third kappa shape index (κ3) is 1.59. The molecule has 0 aromatic carbocycles. The number of hydrogen-bond acceptors (Lipinski definition) is 3. The van der Waals surface area contributed by atoms with Crippen molar-refractivity contribution in [3.8, 4) is 0 Å². The summed E-state index contributed by atoms with van der Waals surface area (Å²) >= 11 is 0. The van der Waals surface area contributed by atoms with E-state index in [9.17, 15) is 0 Å². The Labute approximate surface area is 78.6 Å². The molecule has 2 rings (SSSR count). The van der Waals surface area contributed by atoms with Gasteiger partial charge in [-0.05, 0) is 30.4 Å². The Bertz CT molecular complexity index is 305. The highest BCUT2D eigenvalue weighted by atomic mass is 15.0. The first kappa shape index (κ1) is 8.35. The average Bonchev–Trinajstić information content (AvgIpc) is 3.00. The molecule has 1 fully saturated rings. The smallest absolute Gasteiger partial charge is 0.131 e. The summed E-state index contributed by atoms with van der Waals surface area (Å²) in [5.41, 5.74) is 1.36. The molecule has 0 amide bonds. The van der Waals surface area contributed by atoms with E-state index in [1.165, 1.54) is 18.4 Å². The lowest BCUT2D eigenvalue weighted by Gasteiger charge is -2.08. The van der Waals surface area contributed by atoms with Crippen molar-refractivity contribution in [2.24, 2.45) is 0 Å². The Morgan fingerprint density at radius 3 is 2.54 bits per heavy atom. The molecule has 0 spiro atoms. The minimum Gasteiger partial charge on any atom is -0.373 e. The Kier molecular flexibility index (Phi) is 2.08. The molecule has 3 heteroatoms. The van der Waals surface area contributed by atoms with Crippen molar-refractivity contribution in [3.05, 3.63) is 17.7 Å². The third-order valence-corrected chi connectivity index (χ3v) is 2.44. The molecule has 1 aliphatic rings. The number of anilines is 2. The first-order valence-corrected chi connectivity index (χ1v) is 4.71. The minimum atomic E-state index is 0.751. The molecule has 1 aliphatic carbocycles. The molecule has 0 saturated heterocycles. The Balaban J connectivity index is 2.33. The van der Waals surface area contributed by atoms with Crippen LogP contribution in [-0.2, 0) is 0 Å². The van der Waals surface area contributed by atoms with Gasteiger partial charge in [0.05, 0.1) is 0 Å². The van der Waals surface area contributed by atoms with Crippen LogP contribution in [0.2, 0.25) is 0 Å². The van der Waals surface area contributed by atoms with Crippen molar-refractivity contribution in [2.75, 3.05) is 24.7 Å². The van der Waals surface area contributed by atoms with Crippen molar-refractivity contribution >= 4 is 11.6 Å². The zero-order chi connectivity index (χ0) is 9.26. The fourth-order valence-electron chi connectivity index (χ4n) is 1.53. The second-order valence-corrected chi connectivity index (χ2v) is 3.41. The summed E-state index contributed by atoms with van der Waals surface area (Å²) in [7, 11) is 3.81. The molecule has 1 saturated carbocycles. The van der Waals surface area contributed by atoms with Crippen molar-refractivity contribution < 1.29 is 0 Å². The van der Waals surface area contributed by atoms with E-state index in [4.69, 9.17) is 0 Å². The number of hydrogen-bond donors (Lipinski definition) is 2. The molecule has 0 aliphatic heterocycles. The lowest BCUT2D eigenvalue weighted by atomic mass is 10.1. The van der Waals surface area contributed by atoms with Gasteiger partial charge in [-0.25, -0.2) is 4.98 Å². The Hall–Kier alpha value is -1.25. The Morgan fingerprint density at radius 2 is 2.00 bits per heavy atom. The molecule has 1 heterocycles. The summed E-state index contributed by atoms with van der Waals surface area (Å²) in [6.45, 7) is 0. The molecule has 70 valence electrons. The van der Waals surface area contributed by atoms with Crippen LogP contribution in [-0.4, -0.2) is 19.1 Å². The largest absolute Gasteiger partial charge is 0.373 e. The standard InChI is InChI=1S/C10H15N3/c1-11-9-6-5-8(7-3-4-7)10(12-2)13-9/h5-7H,3-4H2,1-2H3,(H2,11,12,13). The Morgan fingerprint density at radius 1 is 1.23 bits per heavy atom. The highest BCUT2D eigenvalue weighted by molar-refractivity contribution is 5.53. The summed E-state index contributed by atoms with van der Waals surface area (Å²) in [5, 5.41) is 6.18. The van der Waals surface area contributed by atoms with Crippen molar-refractivity contribution in [3.63, 3.8) is 0 Å². The summed E-state index contributed by atoms with van der Waals surface area (Å²) in [4.78, 5) is 4.45. The average molecular weight is 177 g/mol. The molecule has 13 heavy (non-hydrogen) atoms. The van der Waals surface area contributed by atoms with Crippen LogP contribution in [0.5, 0.6) is 0 Å². The fourth-order valence-corrected chi connectivity index (χ4v) is 1.53. The van der Waals surface area contributed by atoms with Gasteiger partial charge >= 0.3 is 0 Å². The zero-order valence-electron chi connectivity index (χ0n) is 8.09. The van der Waals surface area contributed by atoms with Crippen molar-refractivity contribution in [2.45, 2.75) is 18.8 Å². The number of rotatable bonds is 3. The van der Waals surface area contributed by atoms with E-state index in [0.717, 1.165) is 17.6 Å². The van der Waals surface area contributed by atoms with Gasteiger partial charge in [-0.15, -0.1) is 0 Å². The SMILES string of the molecule is CNc1ccc(C2CC2)c(NC)n1. The van der Waals surface area contributed by atoms with E-state index < -0.39 is 0 Å². The van der Waals surface area contributed by atoms with Gasteiger partial charge in [0.2, 0.25) is 0 Å². The number of nitrogens with one attached hydrogen (secondary N) is 2. The molecule has 0 radical (unpaired) electrons. The van der Waals surface area contributed by atoms with Crippen molar-refractivity contribution in [1.82, 2.24) is 4.98 Å². The van der Waals surface area contributed by atoms with Gasteiger partial charge in [0.15, 0.2) is 0 Å². The second kappa shape index (κ2) is 3.24. The lowest BCUT2D eigenvalue weighted by Crippen LogP contribution is -2.00. The zero-order valence-corrected chi connectivity index (χ0v) is 8.09. The summed E-state index contributed by atoms with van der Waals surface area (Å²) in [6.07, 6.45) is 2.63. The second-order valence-electron chi connectivity index (χ2n) is 3.41. The maximum Gasteiger partial charge on any atom is 0.131 e. The molecule has 0 atom stereocenters. The number of pyridine rings is 1. The minimum absolute atomic E-state index is 0.751. The number of nitrogens with zero attached hydrogens (tertiary/aromatic N) is 1. The van der Waals surface area contributed by atoms with Gasteiger partial charge in [-0.1, -0.05) is 6.07 Å². The summed E-state index contributed by atoms with van der Waals surface area (Å²) in [6, 6.07) is 4.21. The highest BCUT2D eigenvalue weighted by Gasteiger charge is 2.26. The molecule has 0 bridgehead atoms. The first-order valence-electron chi connectivity index (χ1n) is 4.71. The quantitative estimate of drug-likeness (QED) is 0.742. The van der Waals surface area contributed by atoms with Gasteiger partial charge in [0.1, 0.15) is 11.6 Å². The van der Waals surface area contributed by atoms with Gasteiger partial charge < -0.3 is 10.6 Å². The van der Waals surface area contributed by atoms with Gasteiger partial charge in [-0.2, -0.15) is 0 Å². The van der Waals surface area contributed by atoms with E-state index in [1.54, 1.807) is 0 Å². The monoisotopic (exact) mass is 177 g/mol. The van der Waals surface area contributed by atoms with E-state index in [2.05, 4.69) is 21.7 Å². The van der Waals surface area contributed by atoms with E-state index >= 15 is 0 Å².